The molecule has 156 valence electrons. The zero-order valence-corrected chi connectivity index (χ0v) is 23.0. The van der Waals surface area contributed by atoms with Crippen LogP contribution in [0.2, 0.25) is 0 Å². The van der Waals surface area contributed by atoms with E-state index in [-0.39, 0.29) is 72.0 Å². The maximum Gasteiger partial charge on any atom is 1.00 e. The molecule has 0 saturated carbocycles. The Balaban J connectivity index is 0. The molecule has 0 saturated heterocycles. The summed E-state index contributed by atoms with van der Waals surface area (Å²) >= 11 is 8.06. The SMILES string of the molecule is O=C([O-])CCCCCn1nnnc1S.O=C([O-])CCCCCn1nnnc1S.[Na+].[Na+]. The van der Waals surface area contributed by atoms with Crippen LogP contribution < -0.4 is 69.3 Å². The monoisotopic (exact) mass is 476 g/mol. The smallest absolute Gasteiger partial charge is 0.550 e. The van der Waals surface area contributed by atoms with Gasteiger partial charge in [0, 0.05) is 25.0 Å². The summed E-state index contributed by atoms with van der Waals surface area (Å²) in [5.74, 6) is -2.00. The van der Waals surface area contributed by atoms with Gasteiger partial charge in [-0.25, -0.2) is 9.36 Å². The van der Waals surface area contributed by atoms with E-state index < -0.39 is 11.9 Å². The van der Waals surface area contributed by atoms with E-state index in [0.717, 1.165) is 25.7 Å². The fourth-order valence-corrected chi connectivity index (χ4v) is 2.46. The number of aliphatic carboxylic acids is 2. The second-order valence-electron chi connectivity index (χ2n) is 5.77. The molecule has 0 aromatic carbocycles. The summed E-state index contributed by atoms with van der Waals surface area (Å²) in [6.07, 6.45) is 4.81. The second kappa shape index (κ2) is 19.5. The Kier molecular flexibility index (Phi) is 20.7. The molecule has 2 rings (SSSR count). The average molecular weight is 476 g/mol. The van der Waals surface area contributed by atoms with Crippen LogP contribution >= 0.6 is 25.3 Å². The van der Waals surface area contributed by atoms with E-state index in [0.29, 0.717) is 36.2 Å². The van der Waals surface area contributed by atoms with Crippen LogP contribution in [-0.4, -0.2) is 52.4 Å². The Morgan fingerprint density at radius 2 is 1.07 bits per heavy atom. The van der Waals surface area contributed by atoms with Gasteiger partial charge in [0.05, 0.1) is 0 Å². The molecule has 0 N–H and O–H groups in total. The first-order valence-electron chi connectivity index (χ1n) is 8.70. The number of unbranched alkanes of at least 4 members (excludes halogenated alkanes) is 4. The molecule has 2 heterocycles. The van der Waals surface area contributed by atoms with Crippen molar-refractivity contribution in [2.45, 2.75) is 74.8 Å². The fourth-order valence-electron chi connectivity index (χ4n) is 2.10. The number of carboxylic acids is 2. The first kappa shape index (κ1) is 32.0. The van der Waals surface area contributed by atoms with Crippen LogP contribution in [0, 0.1) is 0 Å². The third-order valence-electron chi connectivity index (χ3n) is 3.53. The number of aromatic nitrogens is 8. The molecular weight excluding hydrogens is 454 g/mol. The summed E-state index contributed by atoms with van der Waals surface area (Å²) in [5.41, 5.74) is 0. The molecule has 16 heteroatoms. The molecule has 0 aliphatic rings. The Hall–Kier alpha value is -0.220. The number of carbonyl (C=O) groups excluding carboxylic acids is 2. The maximum absolute atomic E-state index is 10.1. The van der Waals surface area contributed by atoms with Gasteiger partial charge in [-0.2, -0.15) is 0 Å². The fraction of sp³-hybridized carbons (Fsp3) is 0.714. The van der Waals surface area contributed by atoms with Crippen molar-refractivity contribution in [2.75, 3.05) is 0 Å². The van der Waals surface area contributed by atoms with Gasteiger partial charge in [-0.1, -0.05) is 12.8 Å². The number of tetrazole rings is 2. The van der Waals surface area contributed by atoms with Gasteiger partial charge in [-0.3, -0.25) is 0 Å². The van der Waals surface area contributed by atoms with Crippen molar-refractivity contribution in [1.82, 2.24) is 40.4 Å². The predicted octanol–water partition coefficient (Wildman–Crippen LogP) is -7.45. The number of thiol groups is 2. The van der Waals surface area contributed by atoms with E-state index in [4.69, 9.17) is 0 Å². The number of hydrogen-bond donors (Lipinski definition) is 2. The van der Waals surface area contributed by atoms with Crippen molar-refractivity contribution in [3.05, 3.63) is 0 Å². The van der Waals surface area contributed by atoms with Crippen LogP contribution in [0.15, 0.2) is 10.3 Å². The van der Waals surface area contributed by atoms with Crippen molar-refractivity contribution < 1.29 is 78.9 Å². The molecule has 0 fully saturated rings. The number of carboxylic acid groups (broad SMARTS) is 2. The molecule has 12 nitrogen and oxygen atoms in total. The summed E-state index contributed by atoms with van der Waals surface area (Å²) < 4.78 is 3.14. The summed E-state index contributed by atoms with van der Waals surface area (Å²) in [6.45, 7) is 1.33. The zero-order valence-electron chi connectivity index (χ0n) is 17.2. The first-order chi connectivity index (χ1) is 13.4. The standard InChI is InChI=1S/2C7H12N4O2S.2Na/c2*12-6(13)4-2-1-3-5-11-7(14)8-9-10-11;;/h2*1-5H2,(H,12,13)(H,8,10,14);;/q;;2*+1/p-2. The van der Waals surface area contributed by atoms with Crippen LogP contribution in [0.4, 0.5) is 0 Å². The molecule has 2 aromatic heterocycles. The minimum absolute atomic E-state index is 0. The van der Waals surface area contributed by atoms with Crippen LogP contribution in [0.5, 0.6) is 0 Å². The molecule has 0 bridgehead atoms. The van der Waals surface area contributed by atoms with E-state index >= 15 is 0 Å². The van der Waals surface area contributed by atoms with Gasteiger partial charge in [0.25, 0.3) is 0 Å². The van der Waals surface area contributed by atoms with Crippen molar-refractivity contribution in [2.24, 2.45) is 0 Å². The van der Waals surface area contributed by atoms with E-state index in [2.05, 4.69) is 56.3 Å². The molecule has 0 aliphatic carbocycles. The Bertz CT molecular complexity index is 674. The van der Waals surface area contributed by atoms with Crippen molar-refractivity contribution in [1.29, 1.82) is 0 Å². The number of hydrogen-bond acceptors (Lipinski definition) is 12. The third-order valence-corrected chi connectivity index (χ3v) is 4.17. The van der Waals surface area contributed by atoms with Gasteiger partial charge in [0.15, 0.2) is 0 Å². The van der Waals surface area contributed by atoms with Crippen LogP contribution in [0.1, 0.15) is 51.4 Å². The van der Waals surface area contributed by atoms with Gasteiger partial charge in [0.2, 0.25) is 10.3 Å². The molecular formula is C14H22N8Na2O4S2. The third kappa shape index (κ3) is 15.6. The number of rotatable bonds is 12. The maximum atomic E-state index is 10.1. The van der Waals surface area contributed by atoms with Crippen molar-refractivity contribution >= 4 is 37.2 Å². The quantitative estimate of drug-likeness (QED) is 0.171. The van der Waals surface area contributed by atoms with Gasteiger partial charge < -0.3 is 19.8 Å². The first-order valence-corrected chi connectivity index (χ1v) is 9.59. The van der Waals surface area contributed by atoms with Crippen LogP contribution in [0.25, 0.3) is 0 Å². The van der Waals surface area contributed by atoms with Gasteiger partial charge >= 0.3 is 59.1 Å². The van der Waals surface area contributed by atoms with Crippen molar-refractivity contribution in [3.8, 4) is 0 Å². The van der Waals surface area contributed by atoms with Gasteiger partial charge in [-0.15, -0.1) is 35.5 Å². The predicted molar refractivity (Wildman–Crippen MR) is 97.1 cm³/mol. The second-order valence-corrected chi connectivity index (χ2v) is 6.57. The number of aryl methyl sites for hydroxylation is 2. The summed E-state index contributed by atoms with van der Waals surface area (Å²) in [5, 5.41) is 42.6. The van der Waals surface area contributed by atoms with E-state index in [9.17, 15) is 19.8 Å². The number of nitrogens with zero attached hydrogens (tertiary/aromatic N) is 8. The molecule has 0 amide bonds. The minimum Gasteiger partial charge on any atom is -0.550 e. The minimum atomic E-state index is -0.998. The molecule has 30 heavy (non-hydrogen) atoms. The van der Waals surface area contributed by atoms with Crippen LogP contribution in [-0.2, 0) is 22.7 Å². The van der Waals surface area contributed by atoms with E-state index in [1.54, 1.807) is 9.36 Å². The summed E-state index contributed by atoms with van der Waals surface area (Å²) in [7, 11) is 0. The average Bonchev–Trinajstić information content (AvgIpc) is 3.23. The van der Waals surface area contributed by atoms with E-state index in [1.165, 1.54) is 0 Å². The Morgan fingerprint density at radius 3 is 1.33 bits per heavy atom. The largest absolute Gasteiger partial charge is 1.00 e. The molecule has 0 radical (unpaired) electrons. The van der Waals surface area contributed by atoms with Crippen molar-refractivity contribution in [3.63, 3.8) is 0 Å². The van der Waals surface area contributed by atoms with Gasteiger partial charge in [0.1, 0.15) is 0 Å². The summed E-state index contributed by atoms with van der Waals surface area (Å²) in [6, 6.07) is 0. The van der Waals surface area contributed by atoms with E-state index in [1.807, 2.05) is 0 Å². The topological polar surface area (TPSA) is 167 Å². The summed E-state index contributed by atoms with van der Waals surface area (Å²) in [4.78, 5) is 20.2. The number of carbonyl (C=O) groups is 2. The molecule has 2 aromatic rings. The molecule has 0 aliphatic heterocycles. The molecule has 0 atom stereocenters. The van der Waals surface area contributed by atoms with Crippen LogP contribution in [0.3, 0.4) is 0 Å². The Morgan fingerprint density at radius 1 is 0.700 bits per heavy atom. The molecule has 0 unspecified atom stereocenters. The van der Waals surface area contributed by atoms with Gasteiger partial charge in [-0.05, 0) is 59.4 Å². The normalized spacial score (nSPS) is 9.67. The Labute approximate surface area is 229 Å². The molecule has 0 spiro atoms. The zero-order chi connectivity index (χ0) is 20.8.